The lowest BCUT2D eigenvalue weighted by molar-refractivity contribution is 0.0684. The number of hydrogen-bond acceptors (Lipinski definition) is 4. The van der Waals surface area contributed by atoms with Gasteiger partial charge in [-0.2, -0.15) is 0 Å². The highest BCUT2D eigenvalue weighted by atomic mass is 32.2. The molecule has 6 nitrogen and oxygen atoms in total. The highest BCUT2D eigenvalue weighted by molar-refractivity contribution is 7.91. The first-order valence-corrected chi connectivity index (χ1v) is 6.03. The van der Waals surface area contributed by atoms with Gasteiger partial charge in [0.1, 0.15) is 0 Å². The van der Waals surface area contributed by atoms with Crippen molar-refractivity contribution in [1.82, 2.24) is 9.97 Å². The van der Waals surface area contributed by atoms with Crippen molar-refractivity contribution in [2.45, 2.75) is 24.9 Å². The van der Waals surface area contributed by atoms with Crippen molar-refractivity contribution in [3.63, 3.8) is 0 Å². The summed E-state index contributed by atoms with van der Waals surface area (Å²) in [5.41, 5.74) is 0.293. The fraction of sp³-hybridized carbons (Fsp3) is 0.500. The quantitative estimate of drug-likeness (QED) is 0.784. The van der Waals surface area contributed by atoms with E-state index in [1.165, 1.54) is 6.20 Å². The van der Waals surface area contributed by atoms with Gasteiger partial charge in [-0.05, 0) is 13.8 Å². The number of imidazole rings is 1. The molecule has 0 aromatic carbocycles. The van der Waals surface area contributed by atoms with Gasteiger partial charge in [-0.15, -0.1) is 0 Å². The van der Waals surface area contributed by atoms with Gasteiger partial charge in [-0.1, -0.05) is 0 Å². The second-order valence-electron chi connectivity index (χ2n) is 3.42. The van der Waals surface area contributed by atoms with Crippen molar-refractivity contribution in [3.05, 3.63) is 17.7 Å². The molecule has 0 saturated carbocycles. The summed E-state index contributed by atoms with van der Waals surface area (Å²) >= 11 is 0. The van der Waals surface area contributed by atoms with E-state index in [2.05, 4.69) is 9.97 Å². The predicted octanol–water partition coefficient (Wildman–Crippen LogP) is 0.431. The third-order valence-electron chi connectivity index (χ3n) is 1.91. The summed E-state index contributed by atoms with van der Waals surface area (Å²) in [6.07, 6.45) is 1.23. The fourth-order valence-corrected chi connectivity index (χ4v) is 1.84. The van der Waals surface area contributed by atoms with E-state index in [9.17, 15) is 13.2 Å². The van der Waals surface area contributed by atoms with E-state index in [4.69, 9.17) is 5.11 Å². The lowest BCUT2D eigenvalue weighted by Crippen LogP contribution is -2.16. The number of hydrogen-bond donors (Lipinski definition) is 2. The van der Waals surface area contributed by atoms with Crippen LogP contribution in [0.2, 0.25) is 0 Å². The van der Waals surface area contributed by atoms with Crippen molar-refractivity contribution in [3.8, 4) is 0 Å². The van der Waals surface area contributed by atoms with Crippen molar-refractivity contribution < 1.29 is 18.3 Å². The maximum Gasteiger partial charge on any atom is 0.371 e. The first kappa shape index (κ1) is 11.7. The van der Waals surface area contributed by atoms with Gasteiger partial charge in [0.15, 0.2) is 9.84 Å². The lowest BCUT2D eigenvalue weighted by atomic mass is 10.5. The number of H-pyrrole nitrogens is 1. The minimum atomic E-state index is -3.23. The van der Waals surface area contributed by atoms with Crippen LogP contribution in [-0.2, 0) is 15.6 Å². The van der Waals surface area contributed by atoms with Crippen molar-refractivity contribution in [2.24, 2.45) is 0 Å². The van der Waals surface area contributed by atoms with E-state index in [1.807, 2.05) is 0 Å². The number of carboxylic acid groups (broad SMARTS) is 1. The van der Waals surface area contributed by atoms with Crippen LogP contribution < -0.4 is 0 Å². The first-order valence-electron chi connectivity index (χ1n) is 4.31. The largest absolute Gasteiger partial charge is 0.475 e. The molecule has 0 amide bonds. The van der Waals surface area contributed by atoms with E-state index in [-0.39, 0.29) is 11.6 Å². The molecule has 1 aromatic rings. The molecule has 1 rings (SSSR count). The summed E-state index contributed by atoms with van der Waals surface area (Å²) in [5.74, 6) is -1.67. The second kappa shape index (κ2) is 4.01. The van der Waals surface area contributed by atoms with Crippen LogP contribution in [0.3, 0.4) is 0 Å². The third-order valence-corrected chi connectivity index (χ3v) is 4.06. The standard InChI is InChI=1S/C8H12N2O4S/c1-5(2)15(13,14)4-6-3-9-7(10-6)8(11)12/h3,5H,4H2,1-2H3,(H,9,10)(H,11,12). The molecule has 0 atom stereocenters. The molecule has 0 spiro atoms. The Morgan fingerprint density at radius 3 is 2.60 bits per heavy atom. The van der Waals surface area contributed by atoms with Crippen LogP contribution in [0.25, 0.3) is 0 Å². The summed E-state index contributed by atoms with van der Waals surface area (Å²) in [6.45, 7) is 3.15. The highest BCUT2D eigenvalue weighted by Gasteiger charge is 2.19. The van der Waals surface area contributed by atoms with E-state index in [0.29, 0.717) is 5.69 Å². The van der Waals surface area contributed by atoms with Crippen LogP contribution >= 0.6 is 0 Å². The van der Waals surface area contributed by atoms with Gasteiger partial charge in [0.25, 0.3) is 0 Å². The molecule has 0 aliphatic heterocycles. The minimum absolute atomic E-state index is 0.217. The Kier molecular flexibility index (Phi) is 3.13. The molecule has 0 fully saturated rings. The molecule has 7 heteroatoms. The van der Waals surface area contributed by atoms with E-state index in [0.717, 1.165) is 0 Å². The van der Waals surface area contributed by atoms with Crippen LogP contribution in [0.4, 0.5) is 0 Å². The molecule has 0 aliphatic rings. The number of nitrogens with one attached hydrogen (secondary N) is 1. The number of nitrogens with zero attached hydrogens (tertiary/aromatic N) is 1. The van der Waals surface area contributed by atoms with Crippen molar-refractivity contribution >= 4 is 15.8 Å². The Morgan fingerprint density at radius 2 is 2.20 bits per heavy atom. The molecule has 84 valence electrons. The van der Waals surface area contributed by atoms with Gasteiger partial charge in [0.05, 0.1) is 16.7 Å². The van der Waals surface area contributed by atoms with Crippen LogP contribution in [0.15, 0.2) is 6.20 Å². The number of carboxylic acids is 1. The SMILES string of the molecule is CC(C)S(=O)(=O)Cc1cnc(C(=O)O)[nH]1. The number of sulfone groups is 1. The number of aromatic amines is 1. The normalized spacial score (nSPS) is 11.9. The zero-order chi connectivity index (χ0) is 11.6. The molecule has 1 heterocycles. The molecular weight excluding hydrogens is 220 g/mol. The third kappa shape index (κ3) is 2.79. The van der Waals surface area contributed by atoms with Crippen molar-refractivity contribution in [1.29, 1.82) is 0 Å². The van der Waals surface area contributed by atoms with Gasteiger partial charge in [-0.3, -0.25) is 0 Å². The van der Waals surface area contributed by atoms with Gasteiger partial charge in [0.2, 0.25) is 5.82 Å². The Morgan fingerprint density at radius 1 is 1.60 bits per heavy atom. The maximum absolute atomic E-state index is 11.5. The van der Waals surface area contributed by atoms with Gasteiger partial charge >= 0.3 is 5.97 Å². The predicted molar refractivity (Wildman–Crippen MR) is 53.3 cm³/mol. The fourth-order valence-electron chi connectivity index (χ4n) is 0.925. The highest BCUT2D eigenvalue weighted by Crippen LogP contribution is 2.09. The molecule has 0 saturated heterocycles. The van der Waals surface area contributed by atoms with Crippen LogP contribution in [0.5, 0.6) is 0 Å². The summed E-state index contributed by atoms with van der Waals surface area (Å²) in [4.78, 5) is 16.4. The molecule has 1 aromatic heterocycles. The first-order chi connectivity index (χ1) is 6.83. The zero-order valence-electron chi connectivity index (χ0n) is 8.39. The molecule has 15 heavy (non-hydrogen) atoms. The van der Waals surface area contributed by atoms with Crippen LogP contribution in [0.1, 0.15) is 30.2 Å². The molecule has 0 unspecified atom stereocenters. The topological polar surface area (TPSA) is 100 Å². The van der Waals surface area contributed by atoms with E-state index < -0.39 is 21.1 Å². The Bertz CT molecular complexity index is 461. The van der Waals surface area contributed by atoms with Gasteiger partial charge in [0, 0.05) is 6.20 Å². The maximum atomic E-state index is 11.5. The van der Waals surface area contributed by atoms with Gasteiger partial charge < -0.3 is 10.1 Å². The van der Waals surface area contributed by atoms with Gasteiger partial charge in [-0.25, -0.2) is 18.2 Å². The molecule has 0 bridgehead atoms. The Balaban J connectivity index is 2.87. The van der Waals surface area contributed by atoms with Crippen LogP contribution in [0, 0.1) is 0 Å². The number of aromatic nitrogens is 2. The lowest BCUT2D eigenvalue weighted by Gasteiger charge is -2.04. The summed E-state index contributed by atoms with van der Waals surface area (Å²) < 4.78 is 23.0. The Hall–Kier alpha value is -1.37. The van der Waals surface area contributed by atoms with E-state index >= 15 is 0 Å². The number of rotatable bonds is 4. The molecule has 2 N–H and O–H groups in total. The summed E-state index contributed by atoms with van der Waals surface area (Å²) in [7, 11) is -3.23. The minimum Gasteiger partial charge on any atom is -0.475 e. The zero-order valence-corrected chi connectivity index (χ0v) is 9.21. The monoisotopic (exact) mass is 232 g/mol. The molecular formula is C8H12N2O4S. The average Bonchev–Trinajstić information content (AvgIpc) is 2.51. The Labute approximate surface area is 87.3 Å². The molecule has 0 radical (unpaired) electrons. The second-order valence-corrected chi connectivity index (χ2v) is 5.98. The summed E-state index contributed by atoms with van der Waals surface area (Å²) in [5, 5.41) is 8.07. The number of aromatic carboxylic acids is 1. The van der Waals surface area contributed by atoms with Crippen LogP contribution in [-0.4, -0.2) is 34.7 Å². The summed E-state index contributed by atoms with van der Waals surface area (Å²) in [6, 6.07) is 0. The smallest absolute Gasteiger partial charge is 0.371 e. The number of carbonyl (C=O) groups is 1. The van der Waals surface area contributed by atoms with Crippen molar-refractivity contribution in [2.75, 3.05) is 0 Å². The molecule has 0 aliphatic carbocycles. The van der Waals surface area contributed by atoms with E-state index in [1.54, 1.807) is 13.8 Å². The average molecular weight is 232 g/mol.